The minimum absolute atomic E-state index is 0.203. The third kappa shape index (κ3) is 4.79. The molecule has 34 heavy (non-hydrogen) atoms. The Morgan fingerprint density at radius 2 is 1.88 bits per heavy atom. The summed E-state index contributed by atoms with van der Waals surface area (Å²) in [5.41, 5.74) is 2.02. The van der Waals surface area contributed by atoms with Crippen molar-refractivity contribution in [3.63, 3.8) is 0 Å². The third-order valence-corrected chi connectivity index (χ3v) is 5.90. The lowest BCUT2D eigenvalue weighted by atomic mass is 9.92. The minimum atomic E-state index is -0.663. The summed E-state index contributed by atoms with van der Waals surface area (Å²) < 4.78 is 21.5. The fourth-order valence-electron chi connectivity index (χ4n) is 3.95. The molecule has 0 saturated heterocycles. The number of ether oxygens (including phenoxy) is 4. The average molecular weight is 468 g/mol. The maximum absolute atomic E-state index is 13.0. The third-order valence-electron chi connectivity index (χ3n) is 5.90. The smallest absolute Gasteiger partial charge is 0.338 e. The van der Waals surface area contributed by atoms with E-state index in [0.29, 0.717) is 28.5 Å². The first-order valence-electron chi connectivity index (χ1n) is 11.1. The van der Waals surface area contributed by atoms with Gasteiger partial charge in [0, 0.05) is 17.8 Å². The Morgan fingerprint density at radius 1 is 1.15 bits per heavy atom. The summed E-state index contributed by atoms with van der Waals surface area (Å²) in [4.78, 5) is 25.5. The highest BCUT2D eigenvalue weighted by molar-refractivity contribution is 5.95. The predicted octanol–water partition coefficient (Wildman–Crippen LogP) is 3.12. The topological polar surface area (TPSA) is 107 Å². The van der Waals surface area contributed by atoms with Crippen LogP contribution in [0.15, 0.2) is 53.7 Å². The summed E-state index contributed by atoms with van der Waals surface area (Å²) in [6.45, 7) is 6.42. The molecule has 2 amide bonds. The van der Waals surface area contributed by atoms with E-state index in [2.05, 4.69) is 16.0 Å². The van der Waals surface area contributed by atoms with E-state index < -0.39 is 23.6 Å². The zero-order valence-corrected chi connectivity index (χ0v) is 19.7. The van der Waals surface area contributed by atoms with Crippen molar-refractivity contribution in [1.29, 1.82) is 0 Å². The molecule has 0 fully saturated rings. The van der Waals surface area contributed by atoms with Gasteiger partial charge < -0.3 is 34.9 Å². The monoisotopic (exact) mass is 467 g/mol. The molecule has 180 valence electrons. The fraction of sp³-hybridized carbons (Fsp3) is 0.360. The van der Waals surface area contributed by atoms with Crippen LogP contribution in [-0.2, 0) is 15.1 Å². The molecule has 0 radical (unpaired) electrons. The normalized spacial score (nSPS) is 17.2. The van der Waals surface area contributed by atoms with Crippen molar-refractivity contribution in [2.75, 3.05) is 27.1 Å². The van der Waals surface area contributed by atoms with E-state index in [4.69, 9.17) is 18.9 Å². The largest absolute Gasteiger partial charge is 0.497 e. The number of methoxy groups -OCH3 is 1. The van der Waals surface area contributed by atoms with Gasteiger partial charge in [0.15, 0.2) is 11.5 Å². The Balaban J connectivity index is 1.64. The zero-order chi connectivity index (χ0) is 24.3. The van der Waals surface area contributed by atoms with E-state index in [0.717, 1.165) is 11.1 Å². The van der Waals surface area contributed by atoms with Gasteiger partial charge in [-0.3, -0.25) is 0 Å². The van der Waals surface area contributed by atoms with Crippen LogP contribution in [-0.4, -0.2) is 39.1 Å². The van der Waals surface area contributed by atoms with Crippen LogP contribution in [0.1, 0.15) is 37.9 Å². The van der Waals surface area contributed by atoms with Gasteiger partial charge in [-0.1, -0.05) is 18.2 Å². The van der Waals surface area contributed by atoms with E-state index in [9.17, 15) is 9.59 Å². The van der Waals surface area contributed by atoms with Crippen molar-refractivity contribution in [2.24, 2.45) is 0 Å². The van der Waals surface area contributed by atoms with Crippen LogP contribution in [0.4, 0.5) is 4.79 Å². The molecule has 2 aromatic rings. The number of nitrogens with one attached hydrogen (secondary N) is 3. The van der Waals surface area contributed by atoms with Gasteiger partial charge in [0.05, 0.1) is 25.3 Å². The Hall–Kier alpha value is -3.72. The zero-order valence-electron chi connectivity index (χ0n) is 19.7. The van der Waals surface area contributed by atoms with Gasteiger partial charge >= 0.3 is 12.0 Å². The number of benzene rings is 2. The first kappa shape index (κ1) is 23.4. The second-order valence-electron chi connectivity index (χ2n) is 8.46. The highest BCUT2D eigenvalue weighted by Crippen LogP contribution is 2.36. The van der Waals surface area contributed by atoms with Gasteiger partial charge in [-0.05, 0) is 56.2 Å². The van der Waals surface area contributed by atoms with Crippen molar-refractivity contribution in [1.82, 2.24) is 16.0 Å². The number of hydrogen-bond donors (Lipinski definition) is 3. The molecule has 0 aromatic heterocycles. The molecular weight excluding hydrogens is 438 g/mol. The molecular formula is C25H29N3O6. The lowest BCUT2D eigenvalue weighted by Crippen LogP contribution is -2.49. The lowest BCUT2D eigenvalue weighted by molar-refractivity contribution is -0.139. The minimum Gasteiger partial charge on any atom is -0.497 e. The number of amides is 2. The van der Waals surface area contributed by atoms with Crippen LogP contribution in [0, 0.1) is 0 Å². The first-order valence-corrected chi connectivity index (χ1v) is 11.1. The quantitative estimate of drug-likeness (QED) is 0.512. The SMILES string of the molecule is CCOC(=O)C1=C(CNC(C)(C)c2ccc3c(c2)OCO3)NC(=O)NC1c1ccc(OC)cc1. The molecule has 0 spiro atoms. The Labute approximate surface area is 198 Å². The van der Waals surface area contributed by atoms with Crippen molar-refractivity contribution in [2.45, 2.75) is 32.4 Å². The van der Waals surface area contributed by atoms with Crippen molar-refractivity contribution >= 4 is 12.0 Å². The molecule has 0 aliphatic carbocycles. The van der Waals surface area contributed by atoms with Gasteiger partial charge in [-0.25, -0.2) is 9.59 Å². The predicted molar refractivity (Wildman–Crippen MR) is 125 cm³/mol. The summed E-state index contributed by atoms with van der Waals surface area (Å²) in [7, 11) is 1.58. The van der Waals surface area contributed by atoms with Crippen LogP contribution < -0.4 is 30.2 Å². The summed E-state index contributed by atoms with van der Waals surface area (Å²) >= 11 is 0. The summed E-state index contributed by atoms with van der Waals surface area (Å²) in [6, 6.07) is 11.9. The van der Waals surface area contributed by atoms with Crippen molar-refractivity contribution in [3.8, 4) is 17.2 Å². The van der Waals surface area contributed by atoms with E-state index in [1.807, 2.05) is 44.2 Å². The maximum Gasteiger partial charge on any atom is 0.338 e. The maximum atomic E-state index is 13.0. The molecule has 0 bridgehead atoms. The summed E-state index contributed by atoms with van der Waals surface area (Å²) in [6.07, 6.45) is 0. The molecule has 9 heteroatoms. The highest BCUT2D eigenvalue weighted by atomic mass is 16.7. The van der Waals surface area contributed by atoms with Crippen LogP contribution in [0.25, 0.3) is 0 Å². The number of fused-ring (bicyclic) bond motifs is 1. The molecule has 2 aliphatic heterocycles. The molecule has 2 aromatic carbocycles. The second kappa shape index (κ2) is 9.64. The molecule has 1 atom stereocenters. The molecule has 1 unspecified atom stereocenters. The highest BCUT2D eigenvalue weighted by Gasteiger charge is 2.34. The van der Waals surface area contributed by atoms with E-state index in [1.54, 1.807) is 26.2 Å². The Bertz CT molecular complexity index is 1110. The lowest BCUT2D eigenvalue weighted by Gasteiger charge is -2.32. The summed E-state index contributed by atoms with van der Waals surface area (Å²) in [5, 5.41) is 9.08. The van der Waals surface area contributed by atoms with Gasteiger partial charge in [0.25, 0.3) is 0 Å². The van der Waals surface area contributed by atoms with Crippen molar-refractivity contribution < 1.29 is 28.5 Å². The van der Waals surface area contributed by atoms with Gasteiger partial charge in [0.1, 0.15) is 5.75 Å². The molecule has 2 heterocycles. The van der Waals surface area contributed by atoms with E-state index >= 15 is 0 Å². The van der Waals surface area contributed by atoms with Crippen LogP contribution in [0.5, 0.6) is 17.2 Å². The van der Waals surface area contributed by atoms with Crippen LogP contribution in [0.3, 0.4) is 0 Å². The molecule has 9 nitrogen and oxygen atoms in total. The van der Waals surface area contributed by atoms with Crippen molar-refractivity contribution in [3.05, 3.63) is 64.9 Å². The number of carbonyl (C=O) groups excluding carboxylic acids is 2. The molecule has 3 N–H and O–H groups in total. The number of rotatable bonds is 8. The fourth-order valence-corrected chi connectivity index (χ4v) is 3.95. The number of hydrogen-bond acceptors (Lipinski definition) is 7. The number of esters is 1. The molecule has 4 rings (SSSR count). The van der Waals surface area contributed by atoms with E-state index in [-0.39, 0.29) is 19.9 Å². The van der Waals surface area contributed by atoms with Gasteiger partial charge in [0.2, 0.25) is 6.79 Å². The Morgan fingerprint density at radius 3 is 2.59 bits per heavy atom. The van der Waals surface area contributed by atoms with Crippen LogP contribution in [0.2, 0.25) is 0 Å². The van der Waals surface area contributed by atoms with Gasteiger partial charge in [-0.15, -0.1) is 0 Å². The standard InChI is InChI=1S/C25H29N3O6/c1-5-32-23(29)21-18(27-24(30)28-22(21)15-6-9-17(31-4)10-7-15)13-26-25(2,3)16-8-11-19-20(12-16)34-14-33-19/h6-12,22,26H,5,13-14H2,1-4H3,(H2,27,28,30). The first-order chi connectivity index (χ1) is 16.3. The van der Waals surface area contributed by atoms with Crippen LogP contribution >= 0.6 is 0 Å². The second-order valence-corrected chi connectivity index (χ2v) is 8.46. The Kier molecular flexibility index (Phi) is 6.65. The summed E-state index contributed by atoms with van der Waals surface area (Å²) in [5.74, 6) is 1.58. The average Bonchev–Trinajstić information content (AvgIpc) is 3.30. The number of urea groups is 1. The van der Waals surface area contributed by atoms with E-state index in [1.165, 1.54) is 0 Å². The van der Waals surface area contributed by atoms with Gasteiger partial charge in [-0.2, -0.15) is 0 Å². The number of carbonyl (C=O) groups is 2. The molecule has 2 aliphatic rings. The molecule has 0 saturated carbocycles.